The third-order valence-corrected chi connectivity index (χ3v) is 6.21. The SMILES string of the molecule is COc1ccc(CCn2nnnc2C(c2ccc(Cl)cc2)N2CCN(C)CC2)cc1OC.[Cl-]. The van der Waals surface area contributed by atoms with Gasteiger partial charge in [-0.05, 0) is 59.3 Å². The van der Waals surface area contributed by atoms with E-state index in [1.165, 1.54) is 0 Å². The molecule has 1 aliphatic heterocycles. The van der Waals surface area contributed by atoms with Gasteiger partial charge in [0.15, 0.2) is 17.3 Å². The lowest BCUT2D eigenvalue weighted by Gasteiger charge is -2.37. The predicted molar refractivity (Wildman–Crippen MR) is 123 cm³/mol. The van der Waals surface area contributed by atoms with Crippen molar-refractivity contribution in [2.45, 2.75) is 19.0 Å². The zero-order chi connectivity index (χ0) is 22.5. The molecule has 1 aromatic heterocycles. The number of ether oxygens (including phenoxy) is 2. The zero-order valence-corrected chi connectivity index (χ0v) is 20.6. The van der Waals surface area contributed by atoms with E-state index in [1.807, 2.05) is 35.0 Å². The molecule has 1 unspecified atom stereocenters. The third kappa shape index (κ3) is 5.95. The zero-order valence-electron chi connectivity index (χ0n) is 19.1. The van der Waals surface area contributed by atoms with Gasteiger partial charge in [-0.3, -0.25) is 4.90 Å². The van der Waals surface area contributed by atoms with Gasteiger partial charge in [-0.1, -0.05) is 29.8 Å². The topological polar surface area (TPSA) is 68.5 Å². The molecule has 0 N–H and O–H groups in total. The number of hydrogen-bond acceptors (Lipinski definition) is 7. The number of piperazine rings is 1. The Hall–Kier alpha value is -2.39. The van der Waals surface area contributed by atoms with E-state index in [2.05, 4.69) is 44.5 Å². The van der Waals surface area contributed by atoms with Crippen molar-refractivity contribution in [1.82, 2.24) is 30.0 Å². The Morgan fingerprint density at radius 3 is 2.33 bits per heavy atom. The Balaban J connectivity index is 0.00000306. The summed E-state index contributed by atoms with van der Waals surface area (Å²) in [6, 6.07) is 13.9. The lowest BCUT2D eigenvalue weighted by Crippen LogP contribution is -3.00. The van der Waals surface area contributed by atoms with Crippen LogP contribution in [0.3, 0.4) is 0 Å². The minimum atomic E-state index is -0.0265. The number of halogens is 2. The van der Waals surface area contributed by atoms with Gasteiger partial charge in [-0.15, -0.1) is 5.10 Å². The largest absolute Gasteiger partial charge is 1.00 e. The quantitative estimate of drug-likeness (QED) is 0.436. The molecule has 1 atom stereocenters. The van der Waals surface area contributed by atoms with E-state index in [0.29, 0.717) is 6.54 Å². The van der Waals surface area contributed by atoms with Crippen molar-refractivity contribution in [3.63, 3.8) is 0 Å². The number of aromatic nitrogens is 4. The Morgan fingerprint density at radius 1 is 0.970 bits per heavy atom. The number of nitrogens with zero attached hydrogens (tertiary/aromatic N) is 6. The second-order valence-electron chi connectivity index (χ2n) is 7.99. The second kappa shape index (κ2) is 11.7. The van der Waals surface area contributed by atoms with E-state index in [1.54, 1.807) is 14.2 Å². The number of tetrazole rings is 1. The first-order valence-electron chi connectivity index (χ1n) is 10.7. The molecular formula is C23H29Cl2N6O2-. The molecule has 1 saturated heterocycles. The fraction of sp³-hybridized carbons (Fsp3) is 0.435. The first kappa shape index (κ1) is 25.2. The van der Waals surface area contributed by atoms with Crippen molar-refractivity contribution in [2.75, 3.05) is 47.4 Å². The summed E-state index contributed by atoms with van der Waals surface area (Å²) in [4.78, 5) is 4.79. The van der Waals surface area contributed by atoms with Crippen LogP contribution in [0.2, 0.25) is 5.02 Å². The monoisotopic (exact) mass is 491 g/mol. The van der Waals surface area contributed by atoms with E-state index >= 15 is 0 Å². The van der Waals surface area contributed by atoms with Gasteiger partial charge >= 0.3 is 0 Å². The minimum Gasteiger partial charge on any atom is -1.00 e. The van der Waals surface area contributed by atoms with E-state index in [-0.39, 0.29) is 18.4 Å². The molecule has 1 aliphatic rings. The molecule has 0 spiro atoms. The predicted octanol–water partition coefficient (Wildman–Crippen LogP) is -0.0728. The Morgan fingerprint density at radius 2 is 1.67 bits per heavy atom. The molecule has 178 valence electrons. The fourth-order valence-corrected chi connectivity index (χ4v) is 4.21. The van der Waals surface area contributed by atoms with Gasteiger partial charge in [0.05, 0.1) is 20.3 Å². The smallest absolute Gasteiger partial charge is 0.173 e. The molecule has 2 aromatic carbocycles. The van der Waals surface area contributed by atoms with Crippen LogP contribution < -0.4 is 21.9 Å². The van der Waals surface area contributed by atoms with Crippen molar-refractivity contribution in [1.29, 1.82) is 0 Å². The molecule has 1 fully saturated rings. The Labute approximate surface area is 205 Å². The normalized spacial score (nSPS) is 15.6. The lowest BCUT2D eigenvalue weighted by molar-refractivity contribution is -0.00000717. The number of hydrogen-bond donors (Lipinski definition) is 0. The van der Waals surface area contributed by atoms with Crippen LogP contribution in [-0.2, 0) is 13.0 Å². The van der Waals surface area contributed by atoms with Crippen molar-refractivity contribution >= 4 is 11.6 Å². The van der Waals surface area contributed by atoms with Gasteiger partial charge in [0.2, 0.25) is 0 Å². The molecule has 8 nitrogen and oxygen atoms in total. The highest BCUT2D eigenvalue weighted by Gasteiger charge is 2.29. The number of likely N-dealkylation sites (N-methyl/N-ethyl adjacent to an activating group) is 1. The lowest BCUT2D eigenvalue weighted by atomic mass is 10.0. The minimum absolute atomic E-state index is 0. The van der Waals surface area contributed by atoms with Crippen LogP contribution in [0.15, 0.2) is 42.5 Å². The number of rotatable bonds is 8. The fourth-order valence-electron chi connectivity index (χ4n) is 4.09. The number of aryl methyl sites for hydroxylation is 2. The van der Waals surface area contributed by atoms with Gasteiger partial charge < -0.3 is 26.8 Å². The van der Waals surface area contributed by atoms with Crippen molar-refractivity contribution in [3.05, 3.63) is 64.4 Å². The summed E-state index contributed by atoms with van der Waals surface area (Å²) < 4.78 is 12.7. The van der Waals surface area contributed by atoms with Crippen LogP contribution in [0.5, 0.6) is 11.5 Å². The highest BCUT2D eigenvalue weighted by molar-refractivity contribution is 6.30. The number of benzene rings is 2. The summed E-state index contributed by atoms with van der Waals surface area (Å²) in [5, 5.41) is 13.5. The highest BCUT2D eigenvalue weighted by atomic mass is 35.5. The highest BCUT2D eigenvalue weighted by Crippen LogP contribution is 2.30. The van der Waals surface area contributed by atoms with Crippen LogP contribution in [0, 0.1) is 0 Å². The molecule has 3 aromatic rings. The van der Waals surface area contributed by atoms with Crippen LogP contribution in [-0.4, -0.2) is 77.5 Å². The number of methoxy groups -OCH3 is 2. The summed E-state index contributed by atoms with van der Waals surface area (Å²) in [5.74, 6) is 2.29. The van der Waals surface area contributed by atoms with Gasteiger partial charge in [0.25, 0.3) is 0 Å². The molecule has 0 saturated carbocycles. The van der Waals surface area contributed by atoms with Gasteiger partial charge in [0, 0.05) is 37.7 Å². The summed E-state index contributed by atoms with van der Waals surface area (Å²) in [5.41, 5.74) is 2.27. The molecular weight excluding hydrogens is 463 g/mol. The molecule has 0 aliphatic carbocycles. The molecule has 2 heterocycles. The van der Waals surface area contributed by atoms with Crippen LogP contribution >= 0.6 is 11.6 Å². The van der Waals surface area contributed by atoms with E-state index in [4.69, 9.17) is 21.1 Å². The average Bonchev–Trinajstić information content (AvgIpc) is 3.28. The average molecular weight is 492 g/mol. The van der Waals surface area contributed by atoms with Crippen LogP contribution in [0.25, 0.3) is 0 Å². The first-order valence-corrected chi connectivity index (χ1v) is 11.1. The van der Waals surface area contributed by atoms with Crippen LogP contribution in [0.1, 0.15) is 23.0 Å². The van der Waals surface area contributed by atoms with Crippen LogP contribution in [0.4, 0.5) is 0 Å². The summed E-state index contributed by atoms with van der Waals surface area (Å²) >= 11 is 6.16. The van der Waals surface area contributed by atoms with Gasteiger partial charge in [-0.25, -0.2) is 4.68 Å². The second-order valence-corrected chi connectivity index (χ2v) is 8.43. The Kier molecular flexibility index (Phi) is 8.91. The van der Waals surface area contributed by atoms with E-state index < -0.39 is 0 Å². The summed E-state index contributed by atoms with van der Waals surface area (Å²) in [6.07, 6.45) is 0.772. The molecule has 4 rings (SSSR count). The maximum absolute atomic E-state index is 6.16. The van der Waals surface area contributed by atoms with Gasteiger partial charge in [0.1, 0.15) is 0 Å². The maximum atomic E-state index is 6.16. The first-order chi connectivity index (χ1) is 15.6. The Bertz CT molecular complexity index is 1020. The maximum Gasteiger partial charge on any atom is 0.173 e. The molecule has 0 amide bonds. The molecule has 10 heteroatoms. The summed E-state index contributed by atoms with van der Waals surface area (Å²) in [6.45, 7) is 4.59. The van der Waals surface area contributed by atoms with Gasteiger partial charge in [-0.2, -0.15) is 0 Å². The molecule has 33 heavy (non-hydrogen) atoms. The van der Waals surface area contributed by atoms with Crippen molar-refractivity contribution < 1.29 is 21.9 Å². The van der Waals surface area contributed by atoms with E-state index in [0.717, 1.165) is 66.1 Å². The van der Waals surface area contributed by atoms with Crippen molar-refractivity contribution in [3.8, 4) is 11.5 Å². The van der Waals surface area contributed by atoms with E-state index in [9.17, 15) is 0 Å². The third-order valence-electron chi connectivity index (χ3n) is 5.95. The summed E-state index contributed by atoms with van der Waals surface area (Å²) in [7, 11) is 5.44. The standard InChI is InChI=1S/C23H29ClN6O2.ClH/c1-28-12-14-29(15-13-28)22(18-5-7-19(24)8-6-18)23-25-26-27-30(23)11-10-17-4-9-20(31-2)21(16-17)32-3;/h4-9,16,22H,10-15H2,1-3H3;1H/p-1. The molecule has 0 bridgehead atoms. The van der Waals surface area contributed by atoms with Crippen molar-refractivity contribution in [2.24, 2.45) is 0 Å². The molecule has 0 radical (unpaired) electrons.